The van der Waals surface area contributed by atoms with Crippen molar-refractivity contribution in [3.63, 3.8) is 0 Å². The summed E-state index contributed by atoms with van der Waals surface area (Å²) in [5.41, 5.74) is 3.30. The average molecular weight is 423 g/mol. The monoisotopic (exact) mass is 422 g/mol. The molecule has 0 radical (unpaired) electrons. The molecule has 0 spiro atoms. The van der Waals surface area contributed by atoms with Gasteiger partial charge in [0.15, 0.2) is 0 Å². The van der Waals surface area contributed by atoms with E-state index in [9.17, 15) is 4.79 Å². The van der Waals surface area contributed by atoms with Crippen LogP contribution in [0.1, 0.15) is 45.3 Å². The number of aromatic nitrogens is 3. The van der Waals surface area contributed by atoms with E-state index in [4.69, 9.17) is 4.98 Å². The van der Waals surface area contributed by atoms with Crippen molar-refractivity contribution >= 4 is 40.4 Å². The lowest BCUT2D eigenvalue weighted by Gasteiger charge is -2.28. The first-order valence-corrected chi connectivity index (χ1v) is 11.0. The van der Waals surface area contributed by atoms with Crippen LogP contribution >= 0.6 is 11.3 Å². The number of carbonyl (C=O) groups is 1. The summed E-state index contributed by atoms with van der Waals surface area (Å²) in [5, 5.41) is 7.10. The normalized spacial score (nSPS) is 13.9. The van der Waals surface area contributed by atoms with Gasteiger partial charge in [-0.25, -0.2) is 9.97 Å². The van der Waals surface area contributed by atoms with Crippen LogP contribution in [0.25, 0.3) is 0 Å². The highest BCUT2D eigenvalue weighted by atomic mass is 32.1. The Kier molecular flexibility index (Phi) is 5.94. The van der Waals surface area contributed by atoms with Gasteiger partial charge < -0.3 is 15.5 Å². The maximum absolute atomic E-state index is 12.5. The third kappa shape index (κ3) is 4.76. The van der Waals surface area contributed by atoms with E-state index in [-0.39, 0.29) is 5.91 Å². The molecule has 0 atom stereocenters. The van der Waals surface area contributed by atoms with Gasteiger partial charge in [0.25, 0.3) is 5.91 Å². The molecule has 0 aliphatic carbocycles. The molecule has 1 fully saturated rings. The second kappa shape index (κ2) is 8.79. The molecule has 3 aromatic rings. The Balaban J connectivity index is 1.44. The van der Waals surface area contributed by atoms with Crippen molar-refractivity contribution < 1.29 is 4.79 Å². The first-order valence-electron chi connectivity index (χ1n) is 10.2. The number of hydrogen-bond donors (Lipinski definition) is 2. The second-order valence-electron chi connectivity index (χ2n) is 7.54. The van der Waals surface area contributed by atoms with Gasteiger partial charge in [-0.2, -0.15) is 4.98 Å². The van der Waals surface area contributed by atoms with Gasteiger partial charge >= 0.3 is 0 Å². The Morgan fingerprint density at radius 3 is 2.33 bits per heavy atom. The summed E-state index contributed by atoms with van der Waals surface area (Å²) in [6.45, 7) is 7.83. The van der Waals surface area contributed by atoms with Crippen LogP contribution in [0.3, 0.4) is 0 Å². The lowest BCUT2D eigenvalue weighted by molar-refractivity contribution is 0.103. The first-order chi connectivity index (χ1) is 14.5. The number of amides is 1. The number of nitrogens with zero attached hydrogens (tertiary/aromatic N) is 4. The fourth-order valence-electron chi connectivity index (χ4n) is 3.59. The summed E-state index contributed by atoms with van der Waals surface area (Å²) in [7, 11) is 0. The lowest BCUT2D eigenvalue weighted by atomic mass is 10.1. The van der Waals surface area contributed by atoms with Gasteiger partial charge in [0.05, 0.1) is 10.7 Å². The minimum atomic E-state index is -0.132. The molecule has 2 aromatic heterocycles. The van der Waals surface area contributed by atoms with Crippen LogP contribution in [-0.4, -0.2) is 33.9 Å². The molecule has 1 amide bonds. The highest BCUT2D eigenvalue weighted by molar-refractivity contribution is 7.13. The van der Waals surface area contributed by atoms with E-state index in [1.165, 1.54) is 30.6 Å². The van der Waals surface area contributed by atoms with Crippen LogP contribution < -0.4 is 15.5 Å². The Morgan fingerprint density at radius 1 is 0.967 bits per heavy atom. The maximum atomic E-state index is 12.5. The number of aryl methyl sites for hydroxylation is 3. The highest BCUT2D eigenvalue weighted by Crippen LogP contribution is 2.23. The summed E-state index contributed by atoms with van der Waals surface area (Å²) in [4.78, 5) is 29.0. The molecule has 1 aliphatic heterocycles. The number of carbonyl (C=O) groups excluding carboxylic acids is 1. The molecule has 2 N–H and O–H groups in total. The minimum absolute atomic E-state index is 0.132. The Bertz CT molecular complexity index is 1040. The molecule has 1 aliphatic rings. The smallest absolute Gasteiger partial charge is 0.267 e. The number of thiazole rings is 1. The third-order valence-electron chi connectivity index (χ3n) is 5.03. The summed E-state index contributed by atoms with van der Waals surface area (Å²) in [6, 6.07) is 9.59. The van der Waals surface area contributed by atoms with E-state index in [0.29, 0.717) is 10.8 Å². The summed E-state index contributed by atoms with van der Waals surface area (Å²) in [5.74, 6) is 1.43. The zero-order valence-electron chi connectivity index (χ0n) is 17.5. The van der Waals surface area contributed by atoms with E-state index in [1.54, 1.807) is 0 Å². The van der Waals surface area contributed by atoms with Crippen LogP contribution in [-0.2, 0) is 0 Å². The van der Waals surface area contributed by atoms with Crippen molar-refractivity contribution in [2.75, 3.05) is 28.6 Å². The fraction of sp³-hybridized carbons (Fsp3) is 0.364. The average Bonchev–Trinajstić information content (AvgIpc) is 3.08. The number of rotatable bonds is 5. The molecule has 1 saturated heterocycles. The molecular formula is C22H26N6OS. The van der Waals surface area contributed by atoms with Crippen molar-refractivity contribution in [1.82, 2.24) is 15.0 Å². The number of piperidine rings is 1. The van der Waals surface area contributed by atoms with Crippen LogP contribution in [0.4, 0.5) is 23.1 Å². The molecule has 0 saturated carbocycles. The molecule has 3 heterocycles. The molecule has 7 nitrogen and oxygen atoms in total. The van der Waals surface area contributed by atoms with Gasteiger partial charge in [-0.3, -0.25) is 4.79 Å². The zero-order chi connectivity index (χ0) is 21.1. The van der Waals surface area contributed by atoms with Crippen molar-refractivity contribution in [3.8, 4) is 0 Å². The van der Waals surface area contributed by atoms with Gasteiger partial charge in [-0.15, -0.1) is 11.3 Å². The van der Waals surface area contributed by atoms with Crippen molar-refractivity contribution in [2.45, 2.75) is 40.0 Å². The quantitative estimate of drug-likeness (QED) is 0.612. The van der Waals surface area contributed by atoms with E-state index in [2.05, 4.69) is 25.5 Å². The van der Waals surface area contributed by atoms with Crippen LogP contribution in [0.2, 0.25) is 0 Å². The number of benzene rings is 1. The molecule has 156 valence electrons. The van der Waals surface area contributed by atoms with Crippen molar-refractivity contribution in [3.05, 3.63) is 51.6 Å². The number of hydrogen-bond acceptors (Lipinski definition) is 7. The number of anilines is 4. The lowest BCUT2D eigenvalue weighted by Crippen LogP contribution is -2.30. The molecule has 30 heavy (non-hydrogen) atoms. The van der Waals surface area contributed by atoms with Crippen LogP contribution in [0, 0.1) is 20.8 Å². The van der Waals surface area contributed by atoms with E-state index in [0.717, 1.165) is 46.7 Å². The Labute approximate surface area is 180 Å². The fourth-order valence-corrected chi connectivity index (χ4v) is 4.40. The first kappa shape index (κ1) is 20.3. The van der Waals surface area contributed by atoms with Crippen molar-refractivity contribution in [2.24, 2.45) is 0 Å². The molecule has 0 bridgehead atoms. The van der Waals surface area contributed by atoms with Crippen LogP contribution in [0.15, 0.2) is 30.3 Å². The predicted molar refractivity (Wildman–Crippen MR) is 122 cm³/mol. The Hall–Kier alpha value is -3.00. The maximum Gasteiger partial charge on any atom is 0.267 e. The van der Waals surface area contributed by atoms with Gasteiger partial charge in [-0.05, 0) is 64.3 Å². The van der Waals surface area contributed by atoms with Gasteiger partial charge in [0.1, 0.15) is 10.7 Å². The SMILES string of the molecule is Cc1cc(N2CCCCC2)nc(Nc2ccc(NC(=O)c3sc(C)nc3C)cc2)n1. The minimum Gasteiger partial charge on any atom is -0.356 e. The Morgan fingerprint density at radius 2 is 1.67 bits per heavy atom. The summed E-state index contributed by atoms with van der Waals surface area (Å²) in [6.07, 6.45) is 3.70. The van der Waals surface area contributed by atoms with E-state index >= 15 is 0 Å². The third-order valence-corrected chi connectivity index (χ3v) is 6.10. The second-order valence-corrected chi connectivity index (χ2v) is 8.75. The molecule has 4 rings (SSSR count). The molecule has 0 unspecified atom stereocenters. The standard InChI is InChI=1S/C22H26N6OS/c1-14-13-19(28-11-5-4-6-12-28)27-22(23-14)26-18-9-7-17(8-10-18)25-21(29)20-15(2)24-16(3)30-20/h7-10,13H,4-6,11-12H2,1-3H3,(H,25,29)(H,23,26,27). The van der Waals surface area contributed by atoms with E-state index < -0.39 is 0 Å². The summed E-state index contributed by atoms with van der Waals surface area (Å²) < 4.78 is 0. The van der Waals surface area contributed by atoms with Gasteiger partial charge in [0, 0.05) is 36.2 Å². The highest BCUT2D eigenvalue weighted by Gasteiger charge is 2.15. The predicted octanol–water partition coefficient (Wildman–Crippen LogP) is 4.84. The van der Waals surface area contributed by atoms with Gasteiger partial charge in [0.2, 0.25) is 5.95 Å². The zero-order valence-corrected chi connectivity index (χ0v) is 18.3. The van der Waals surface area contributed by atoms with Gasteiger partial charge in [-0.1, -0.05) is 0 Å². The molecule has 1 aromatic carbocycles. The van der Waals surface area contributed by atoms with Crippen molar-refractivity contribution in [1.29, 1.82) is 0 Å². The molecular weight excluding hydrogens is 396 g/mol. The van der Waals surface area contributed by atoms with E-state index in [1.807, 2.05) is 51.1 Å². The largest absolute Gasteiger partial charge is 0.356 e. The van der Waals surface area contributed by atoms with Crippen LogP contribution in [0.5, 0.6) is 0 Å². The topological polar surface area (TPSA) is 83.0 Å². The number of nitrogens with one attached hydrogen (secondary N) is 2. The summed E-state index contributed by atoms with van der Waals surface area (Å²) >= 11 is 1.40. The molecule has 8 heteroatoms.